The molecule has 1 N–H and O–H groups in total. The second-order valence-electron chi connectivity index (χ2n) is 7.02. The number of hydrogen-bond donors (Lipinski definition) is 1. The van der Waals surface area contributed by atoms with Crippen LogP contribution in [0.25, 0.3) is 27.5 Å². The van der Waals surface area contributed by atoms with Gasteiger partial charge in [0, 0.05) is 40.4 Å². The Balaban J connectivity index is 1.67. The van der Waals surface area contributed by atoms with Crippen LogP contribution in [0.5, 0.6) is 0 Å². The maximum Gasteiger partial charge on any atom is 0.189 e. The van der Waals surface area contributed by atoms with Gasteiger partial charge in [0.2, 0.25) is 0 Å². The molecule has 2 aromatic heterocycles. The molecule has 0 aliphatic heterocycles. The van der Waals surface area contributed by atoms with Gasteiger partial charge in [-0.15, -0.1) is 0 Å². The molecule has 25 heavy (non-hydrogen) atoms. The van der Waals surface area contributed by atoms with Crippen molar-refractivity contribution in [1.82, 2.24) is 9.55 Å². The molecule has 0 bridgehead atoms. The molecule has 2 heterocycles. The van der Waals surface area contributed by atoms with Crippen molar-refractivity contribution in [2.24, 2.45) is 0 Å². The van der Waals surface area contributed by atoms with Gasteiger partial charge in [-0.25, -0.2) is 0 Å². The Morgan fingerprint density at radius 2 is 1.80 bits per heavy atom. The van der Waals surface area contributed by atoms with Crippen LogP contribution in [0.4, 0.5) is 0 Å². The first-order chi connectivity index (χ1) is 12.3. The maximum atomic E-state index is 12.1. The molecule has 1 aliphatic rings. The molecule has 0 spiro atoms. The number of nitrogens with one attached hydrogen (secondary N) is 1. The predicted octanol–water partition coefficient (Wildman–Crippen LogP) is 5.13. The van der Waals surface area contributed by atoms with E-state index in [0.717, 1.165) is 16.6 Å². The lowest BCUT2D eigenvalue weighted by Gasteiger charge is -2.12. The van der Waals surface area contributed by atoms with Gasteiger partial charge in [0.05, 0.1) is 5.52 Å². The van der Waals surface area contributed by atoms with Crippen LogP contribution in [0, 0.1) is 0 Å². The molecule has 3 heteroatoms. The van der Waals surface area contributed by atoms with E-state index in [1.165, 1.54) is 42.1 Å². The number of para-hydroxylation sites is 1. The minimum Gasteiger partial charge on any atom is -0.361 e. The van der Waals surface area contributed by atoms with Crippen LogP contribution in [0.1, 0.15) is 37.2 Å². The summed E-state index contributed by atoms with van der Waals surface area (Å²) < 4.78 is 2.09. The van der Waals surface area contributed by atoms with E-state index < -0.39 is 0 Å². The van der Waals surface area contributed by atoms with Gasteiger partial charge in [0.25, 0.3) is 0 Å². The molecule has 4 aromatic rings. The van der Waals surface area contributed by atoms with Crippen LogP contribution in [0.15, 0.2) is 65.7 Å². The van der Waals surface area contributed by atoms with Crippen LogP contribution in [-0.2, 0) is 0 Å². The van der Waals surface area contributed by atoms with E-state index in [0.29, 0.717) is 5.92 Å². The highest BCUT2D eigenvalue weighted by Crippen LogP contribution is 2.38. The number of pyridine rings is 1. The van der Waals surface area contributed by atoms with Crippen LogP contribution in [-0.4, -0.2) is 9.55 Å². The Hall–Kier alpha value is -2.81. The molecule has 3 nitrogen and oxygen atoms in total. The number of rotatable bonds is 2. The Morgan fingerprint density at radius 3 is 2.68 bits per heavy atom. The van der Waals surface area contributed by atoms with E-state index >= 15 is 0 Å². The summed E-state index contributed by atoms with van der Waals surface area (Å²) in [6, 6.07) is 16.0. The quantitative estimate of drug-likeness (QED) is 0.544. The smallest absolute Gasteiger partial charge is 0.189 e. The van der Waals surface area contributed by atoms with Crippen molar-refractivity contribution in [3.8, 4) is 5.69 Å². The topological polar surface area (TPSA) is 37.8 Å². The monoisotopic (exact) mass is 328 g/mol. The van der Waals surface area contributed by atoms with Crippen molar-refractivity contribution >= 4 is 21.8 Å². The molecule has 1 fully saturated rings. The van der Waals surface area contributed by atoms with Crippen molar-refractivity contribution in [3.63, 3.8) is 0 Å². The fourth-order valence-electron chi connectivity index (χ4n) is 4.29. The molecule has 1 saturated carbocycles. The van der Waals surface area contributed by atoms with Gasteiger partial charge < -0.3 is 9.55 Å². The highest BCUT2D eigenvalue weighted by atomic mass is 16.1. The first-order valence-corrected chi connectivity index (χ1v) is 9.03. The third-order valence-corrected chi connectivity index (χ3v) is 5.57. The third kappa shape index (κ3) is 2.30. The standard InChI is InChI=1S/C22H20N2O/c25-22-11-12-24(21-8-4-3-7-18(21)22)16-9-10-17-19(14-23-20(17)13-16)15-5-1-2-6-15/h3-4,7-15,23H,1-2,5-6H2. The molecule has 0 radical (unpaired) electrons. The van der Waals surface area contributed by atoms with Crippen LogP contribution in [0.3, 0.4) is 0 Å². The average molecular weight is 328 g/mol. The minimum atomic E-state index is 0.0660. The van der Waals surface area contributed by atoms with E-state index in [1.54, 1.807) is 6.07 Å². The summed E-state index contributed by atoms with van der Waals surface area (Å²) in [6.07, 6.45) is 9.36. The van der Waals surface area contributed by atoms with Gasteiger partial charge in [0.15, 0.2) is 5.43 Å². The lowest BCUT2D eigenvalue weighted by molar-refractivity contribution is 0.729. The number of hydrogen-bond acceptors (Lipinski definition) is 1. The van der Waals surface area contributed by atoms with Gasteiger partial charge in [-0.2, -0.15) is 0 Å². The summed E-state index contributed by atoms with van der Waals surface area (Å²) in [5, 5.41) is 2.09. The number of benzene rings is 2. The van der Waals surface area contributed by atoms with Gasteiger partial charge in [-0.3, -0.25) is 4.79 Å². The van der Waals surface area contributed by atoms with Crippen molar-refractivity contribution < 1.29 is 0 Å². The lowest BCUT2D eigenvalue weighted by Crippen LogP contribution is -2.06. The maximum absolute atomic E-state index is 12.1. The molecular weight excluding hydrogens is 308 g/mol. The van der Waals surface area contributed by atoms with E-state index in [4.69, 9.17) is 0 Å². The van der Waals surface area contributed by atoms with E-state index in [-0.39, 0.29) is 5.43 Å². The summed E-state index contributed by atoms with van der Waals surface area (Å²) >= 11 is 0. The fraction of sp³-hybridized carbons (Fsp3) is 0.227. The van der Waals surface area contributed by atoms with Crippen molar-refractivity contribution in [2.75, 3.05) is 0 Å². The molecule has 0 amide bonds. The van der Waals surface area contributed by atoms with Gasteiger partial charge in [-0.1, -0.05) is 31.0 Å². The molecule has 0 atom stereocenters. The molecule has 1 aliphatic carbocycles. The Kier molecular flexibility index (Phi) is 3.27. The van der Waals surface area contributed by atoms with Crippen LogP contribution >= 0.6 is 0 Å². The average Bonchev–Trinajstić information content (AvgIpc) is 3.31. The SMILES string of the molecule is O=c1ccn(-c2ccc3c(C4CCCC4)c[nH]c3c2)c2ccccc12. The van der Waals surface area contributed by atoms with Crippen molar-refractivity contribution in [3.05, 3.63) is 76.7 Å². The van der Waals surface area contributed by atoms with E-state index in [2.05, 4.69) is 33.9 Å². The largest absolute Gasteiger partial charge is 0.361 e. The van der Waals surface area contributed by atoms with E-state index in [9.17, 15) is 4.79 Å². The number of aromatic amines is 1. The predicted molar refractivity (Wildman–Crippen MR) is 103 cm³/mol. The Morgan fingerprint density at radius 1 is 0.960 bits per heavy atom. The third-order valence-electron chi connectivity index (χ3n) is 5.57. The van der Waals surface area contributed by atoms with Gasteiger partial charge in [0.1, 0.15) is 0 Å². The zero-order valence-corrected chi connectivity index (χ0v) is 14.0. The fourth-order valence-corrected chi connectivity index (χ4v) is 4.29. The molecule has 124 valence electrons. The Labute approximate surface area is 145 Å². The number of H-pyrrole nitrogens is 1. The van der Waals surface area contributed by atoms with Gasteiger partial charge in [-0.05, 0) is 48.6 Å². The molecular formula is C22H20N2O. The first kappa shape index (κ1) is 14.5. The van der Waals surface area contributed by atoms with Crippen LogP contribution < -0.4 is 5.43 Å². The zero-order valence-electron chi connectivity index (χ0n) is 14.0. The van der Waals surface area contributed by atoms with Crippen LogP contribution in [0.2, 0.25) is 0 Å². The molecule has 2 aromatic carbocycles. The second-order valence-corrected chi connectivity index (χ2v) is 7.02. The molecule has 0 saturated heterocycles. The summed E-state index contributed by atoms with van der Waals surface area (Å²) in [5.41, 5.74) is 4.71. The Bertz CT molecular complexity index is 1130. The van der Waals surface area contributed by atoms with E-state index in [1.807, 2.05) is 30.5 Å². The summed E-state index contributed by atoms with van der Waals surface area (Å²) in [6.45, 7) is 0. The van der Waals surface area contributed by atoms with Crippen molar-refractivity contribution in [2.45, 2.75) is 31.6 Å². The highest BCUT2D eigenvalue weighted by molar-refractivity contribution is 5.87. The second kappa shape index (κ2) is 5.62. The summed E-state index contributed by atoms with van der Waals surface area (Å²) in [7, 11) is 0. The lowest BCUT2D eigenvalue weighted by atomic mass is 9.97. The number of nitrogens with zero attached hydrogens (tertiary/aromatic N) is 1. The van der Waals surface area contributed by atoms with Crippen molar-refractivity contribution in [1.29, 1.82) is 0 Å². The zero-order chi connectivity index (χ0) is 16.8. The number of aromatic nitrogens is 2. The summed E-state index contributed by atoms with van der Waals surface area (Å²) in [5.74, 6) is 0.702. The number of fused-ring (bicyclic) bond motifs is 2. The minimum absolute atomic E-state index is 0.0660. The normalized spacial score (nSPS) is 15.4. The molecule has 5 rings (SSSR count). The highest BCUT2D eigenvalue weighted by Gasteiger charge is 2.20. The first-order valence-electron chi connectivity index (χ1n) is 9.03. The van der Waals surface area contributed by atoms with Gasteiger partial charge >= 0.3 is 0 Å². The molecule has 0 unspecified atom stereocenters. The summed E-state index contributed by atoms with van der Waals surface area (Å²) in [4.78, 5) is 15.6.